The normalized spacial score (nSPS) is 10.2. The molecule has 0 atom stereocenters. The van der Waals surface area contributed by atoms with Crippen molar-refractivity contribution >= 4 is 17.3 Å². The molecule has 1 aromatic heterocycles. The van der Waals surface area contributed by atoms with Gasteiger partial charge in [0, 0.05) is 11.8 Å². The van der Waals surface area contributed by atoms with Gasteiger partial charge in [-0.25, -0.2) is 14.2 Å². The second kappa shape index (κ2) is 5.05. The fourth-order valence-electron chi connectivity index (χ4n) is 1.41. The third kappa shape index (κ3) is 2.88. The molecule has 0 bridgehead atoms. The van der Waals surface area contributed by atoms with Crippen molar-refractivity contribution < 1.29 is 13.9 Å². The van der Waals surface area contributed by atoms with Gasteiger partial charge < -0.3 is 4.74 Å². The smallest absolute Gasteiger partial charge is 0.357 e. The van der Waals surface area contributed by atoms with Crippen molar-refractivity contribution in [1.29, 1.82) is 0 Å². The van der Waals surface area contributed by atoms with Gasteiger partial charge in [-0.15, -0.1) is 11.3 Å². The summed E-state index contributed by atoms with van der Waals surface area (Å²) in [6.45, 7) is 0. The predicted octanol–water partition coefficient (Wildman–Crippen LogP) is 2.66. The average Bonchev–Trinajstić information content (AvgIpc) is 2.76. The minimum absolute atomic E-state index is 0.271. The van der Waals surface area contributed by atoms with Gasteiger partial charge in [-0.2, -0.15) is 0 Å². The lowest BCUT2D eigenvalue weighted by Gasteiger charge is -1.97. The molecule has 0 spiro atoms. The zero-order valence-electron chi connectivity index (χ0n) is 9.14. The summed E-state index contributed by atoms with van der Waals surface area (Å²) in [6.07, 6.45) is 0.513. The summed E-state index contributed by atoms with van der Waals surface area (Å²) in [5, 5.41) is 2.40. The number of esters is 1. The summed E-state index contributed by atoms with van der Waals surface area (Å²) >= 11 is 1.36. The molecule has 2 aromatic rings. The molecule has 0 N–H and O–H groups in total. The number of rotatable bonds is 3. The maximum absolute atomic E-state index is 13.0. The number of ether oxygens (including phenoxy) is 1. The van der Waals surface area contributed by atoms with Gasteiger partial charge in [0.25, 0.3) is 0 Å². The predicted molar refractivity (Wildman–Crippen MR) is 62.7 cm³/mol. The second-order valence-corrected chi connectivity index (χ2v) is 4.37. The van der Waals surface area contributed by atoms with Crippen molar-refractivity contribution in [2.45, 2.75) is 6.42 Å². The minimum atomic E-state index is -0.452. The Kier molecular flexibility index (Phi) is 3.49. The molecule has 5 heteroatoms. The van der Waals surface area contributed by atoms with E-state index in [0.717, 1.165) is 10.6 Å². The molecule has 0 radical (unpaired) electrons. The van der Waals surface area contributed by atoms with E-state index in [-0.39, 0.29) is 5.82 Å². The first kappa shape index (κ1) is 11.7. The quantitative estimate of drug-likeness (QED) is 0.787. The SMILES string of the molecule is COC(=O)c1csc(Cc2cccc(F)c2)n1. The van der Waals surface area contributed by atoms with E-state index < -0.39 is 5.97 Å². The van der Waals surface area contributed by atoms with Crippen LogP contribution in [-0.4, -0.2) is 18.1 Å². The first-order valence-electron chi connectivity index (χ1n) is 4.96. The monoisotopic (exact) mass is 251 g/mol. The average molecular weight is 251 g/mol. The van der Waals surface area contributed by atoms with Gasteiger partial charge in [0.05, 0.1) is 12.1 Å². The van der Waals surface area contributed by atoms with Gasteiger partial charge in [-0.05, 0) is 17.7 Å². The molecular formula is C12H10FNO2S. The molecule has 1 aromatic carbocycles. The summed E-state index contributed by atoms with van der Waals surface area (Å²) in [4.78, 5) is 15.3. The van der Waals surface area contributed by atoms with E-state index in [1.54, 1.807) is 11.4 Å². The van der Waals surface area contributed by atoms with Crippen molar-refractivity contribution in [3.63, 3.8) is 0 Å². The van der Waals surface area contributed by atoms with Crippen LogP contribution in [-0.2, 0) is 11.2 Å². The van der Waals surface area contributed by atoms with E-state index in [4.69, 9.17) is 0 Å². The zero-order valence-corrected chi connectivity index (χ0v) is 9.96. The van der Waals surface area contributed by atoms with Crippen LogP contribution < -0.4 is 0 Å². The van der Waals surface area contributed by atoms with Crippen LogP contribution in [0.25, 0.3) is 0 Å². The highest BCUT2D eigenvalue weighted by atomic mass is 32.1. The molecule has 0 saturated carbocycles. The van der Waals surface area contributed by atoms with Crippen molar-refractivity contribution in [2.24, 2.45) is 0 Å². The molecular weight excluding hydrogens is 241 g/mol. The Hall–Kier alpha value is -1.75. The van der Waals surface area contributed by atoms with Crippen molar-refractivity contribution in [1.82, 2.24) is 4.98 Å². The molecule has 1 heterocycles. The van der Waals surface area contributed by atoms with Crippen LogP contribution in [0.4, 0.5) is 4.39 Å². The number of carbonyl (C=O) groups excluding carboxylic acids is 1. The molecule has 0 aliphatic heterocycles. The lowest BCUT2D eigenvalue weighted by Crippen LogP contribution is -2.01. The number of carbonyl (C=O) groups is 1. The maximum atomic E-state index is 13.0. The number of hydrogen-bond donors (Lipinski definition) is 0. The molecule has 17 heavy (non-hydrogen) atoms. The molecule has 0 saturated heterocycles. The molecule has 0 aliphatic carbocycles. The number of halogens is 1. The van der Waals surface area contributed by atoms with Crippen LogP contribution in [0.2, 0.25) is 0 Å². The Morgan fingerprint density at radius 2 is 2.35 bits per heavy atom. The summed E-state index contributed by atoms with van der Waals surface area (Å²) in [6, 6.07) is 6.33. The number of aromatic nitrogens is 1. The molecule has 0 unspecified atom stereocenters. The lowest BCUT2D eigenvalue weighted by atomic mass is 10.1. The van der Waals surface area contributed by atoms with Gasteiger partial charge in [-0.3, -0.25) is 0 Å². The molecule has 3 nitrogen and oxygen atoms in total. The molecule has 88 valence electrons. The summed E-state index contributed by atoms with van der Waals surface area (Å²) in [5.74, 6) is -0.723. The number of thiazole rings is 1. The minimum Gasteiger partial charge on any atom is -0.464 e. The van der Waals surface area contributed by atoms with E-state index in [1.165, 1.54) is 30.6 Å². The van der Waals surface area contributed by atoms with Crippen LogP contribution in [0, 0.1) is 5.82 Å². The van der Waals surface area contributed by atoms with Crippen molar-refractivity contribution in [2.75, 3.05) is 7.11 Å². The van der Waals surface area contributed by atoms with E-state index in [2.05, 4.69) is 9.72 Å². The first-order valence-corrected chi connectivity index (χ1v) is 5.84. The fraction of sp³-hybridized carbons (Fsp3) is 0.167. The van der Waals surface area contributed by atoms with Crippen LogP contribution in [0.3, 0.4) is 0 Å². The van der Waals surface area contributed by atoms with Crippen molar-refractivity contribution in [3.05, 3.63) is 51.7 Å². The van der Waals surface area contributed by atoms with Crippen molar-refractivity contribution in [3.8, 4) is 0 Å². The van der Waals surface area contributed by atoms with E-state index in [9.17, 15) is 9.18 Å². The number of methoxy groups -OCH3 is 1. The Morgan fingerprint density at radius 1 is 1.53 bits per heavy atom. The fourth-order valence-corrected chi connectivity index (χ4v) is 2.21. The lowest BCUT2D eigenvalue weighted by molar-refractivity contribution is 0.0594. The third-order valence-electron chi connectivity index (χ3n) is 2.19. The number of hydrogen-bond acceptors (Lipinski definition) is 4. The Balaban J connectivity index is 2.14. The van der Waals surface area contributed by atoms with Crippen LogP contribution >= 0.6 is 11.3 Å². The first-order chi connectivity index (χ1) is 8.19. The van der Waals surface area contributed by atoms with Gasteiger partial charge in [-0.1, -0.05) is 12.1 Å². The summed E-state index contributed by atoms with van der Waals surface area (Å²) in [5.41, 5.74) is 1.12. The molecule has 2 rings (SSSR count). The van der Waals surface area contributed by atoms with Gasteiger partial charge in [0.1, 0.15) is 5.82 Å². The van der Waals surface area contributed by atoms with Gasteiger partial charge in [0.2, 0.25) is 0 Å². The molecule has 0 fully saturated rings. The number of benzene rings is 1. The Labute approximate surface area is 102 Å². The topological polar surface area (TPSA) is 39.2 Å². The Morgan fingerprint density at radius 3 is 3.06 bits per heavy atom. The summed E-state index contributed by atoms with van der Waals surface area (Å²) in [7, 11) is 1.31. The van der Waals surface area contributed by atoms with Gasteiger partial charge in [0.15, 0.2) is 5.69 Å². The largest absolute Gasteiger partial charge is 0.464 e. The highest BCUT2D eigenvalue weighted by molar-refractivity contribution is 7.09. The zero-order chi connectivity index (χ0) is 12.3. The highest BCUT2D eigenvalue weighted by Crippen LogP contribution is 2.16. The van der Waals surface area contributed by atoms with Crippen LogP contribution in [0.5, 0.6) is 0 Å². The second-order valence-electron chi connectivity index (χ2n) is 3.42. The Bertz CT molecular complexity index is 539. The highest BCUT2D eigenvalue weighted by Gasteiger charge is 2.10. The standard InChI is InChI=1S/C12H10FNO2S/c1-16-12(15)10-7-17-11(14-10)6-8-3-2-4-9(13)5-8/h2-5,7H,6H2,1H3. The third-order valence-corrected chi connectivity index (χ3v) is 3.04. The van der Waals surface area contributed by atoms with Crippen LogP contribution in [0.1, 0.15) is 21.1 Å². The van der Waals surface area contributed by atoms with Gasteiger partial charge >= 0.3 is 5.97 Å². The van der Waals surface area contributed by atoms with E-state index in [1.807, 2.05) is 6.07 Å². The van der Waals surface area contributed by atoms with Crippen LogP contribution in [0.15, 0.2) is 29.6 Å². The van der Waals surface area contributed by atoms with E-state index >= 15 is 0 Å². The molecule has 0 amide bonds. The van der Waals surface area contributed by atoms with E-state index in [0.29, 0.717) is 12.1 Å². The maximum Gasteiger partial charge on any atom is 0.357 e. The summed E-state index contributed by atoms with van der Waals surface area (Å²) < 4.78 is 17.5. The molecule has 0 aliphatic rings. The number of nitrogens with zero attached hydrogens (tertiary/aromatic N) is 1.